The molecule has 0 spiro atoms. The number of benzene rings is 1. The molecule has 1 aromatic rings. The van der Waals surface area contributed by atoms with Crippen molar-refractivity contribution in [2.24, 2.45) is 5.92 Å². The normalized spacial score (nSPS) is 26.4. The van der Waals surface area contributed by atoms with Gasteiger partial charge in [-0.05, 0) is 57.1 Å². The summed E-state index contributed by atoms with van der Waals surface area (Å²) in [6, 6.07) is 4.93. The number of halogens is 2. The van der Waals surface area contributed by atoms with Crippen LogP contribution in [0.5, 0.6) is 0 Å². The average molecular weight is 340 g/mol. The predicted octanol–water partition coefficient (Wildman–Crippen LogP) is 2.34. The molecule has 2 heterocycles. The number of nitrogens with one attached hydrogen (secondary N) is 2. The van der Waals surface area contributed by atoms with Crippen LogP contribution in [-0.2, 0) is 4.79 Å². The molecular weight excluding hydrogens is 317 g/mol. The van der Waals surface area contributed by atoms with Crippen molar-refractivity contribution < 1.29 is 9.18 Å². The van der Waals surface area contributed by atoms with Gasteiger partial charge in [0.2, 0.25) is 5.91 Å². The molecule has 2 N–H and O–H groups in total. The van der Waals surface area contributed by atoms with Crippen LogP contribution < -0.4 is 10.6 Å². The third kappa shape index (κ3) is 3.67. The lowest BCUT2D eigenvalue weighted by Crippen LogP contribution is -2.44. The number of carbonyl (C=O) groups is 1. The molecule has 2 fully saturated rings. The van der Waals surface area contributed by atoms with Crippen molar-refractivity contribution in [2.45, 2.75) is 31.3 Å². The minimum absolute atomic E-state index is 0.00701. The van der Waals surface area contributed by atoms with Gasteiger partial charge in [0.05, 0.1) is 11.1 Å². The molecule has 3 rings (SSSR count). The number of likely N-dealkylation sites (N-methyl/N-ethyl adjacent to an activating group) is 1. The maximum absolute atomic E-state index is 13.8. The Labute approximate surface area is 141 Å². The molecule has 126 valence electrons. The summed E-state index contributed by atoms with van der Waals surface area (Å²) in [6.45, 7) is 2.68. The summed E-state index contributed by atoms with van der Waals surface area (Å²) in [6.07, 6.45) is 2.64. The van der Waals surface area contributed by atoms with E-state index in [2.05, 4.69) is 15.5 Å². The summed E-state index contributed by atoms with van der Waals surface area (Å²) in [7, 11) is 2.01. The van der Waals surface area contributed by atoms with Crippen molar-refractivity contribution >= 4 is 17.5 Å². The molecule has 1 aromatic carbocycles. The van der Waals surface area contributed by atoms with Gasteiger partial charge in [0, 0.05) is 18.5 Å². The summed E-state index contributed by atoms with van der Waals surface area (Å²) >= 11 is 5.78. The van der Waals surface area contributed by atoms with Gasteiger partial charge in [-0.15, -0.1) is 0 Å². The van der Waals surface area contributed by atoms with Crippen molar-refractivity contribution in [1.29, 1.82) is 0 Å². The van der Waals surface area contributed by atoms with Gasteiger partial charge < -0.3 is 10.6 Å². The molecule has 6 heteroatoms. The van der Waals surface area contributed by atoms with Crippen molar-refractivity contribution in [3.05, 3.63) is 34.6 Å². The van der Waals surface area contributed by atoms with Gasteiger partial charge in [-0.2, -0.15) is 0 Å². The second-order valence-electron chi connectivity index (χ2n) is 6.53. The van der Waals surface area contributed by atoms with Gasteiger partial charge >= 0.3 is 0 Å². The molecule has 0 radical (unpaired) electrons. The summed E-state index contributed by atoms with van der Waals surface area (Å²) in [4.78, 5) is 14.7. The molecule has 23 heavy (non-hydrogen) atoms. The van der Waals surface area contributed by atoms with Crippen molar-refractivity contribution in [2.75, 3.05) is 26.7 Å². The Bertz CT molecular complexity index is 577. The molecular formula is C17H23ClFN3O. The van der Waals surface area contributed by atoms with Crippen LogP contribution in [0.15, 0.2) is 18.2 Å². The fourth-order valence-corrected chi connectivity index (χ4v) is 3.78. The van der Waals surface area contributed by atoms with Gasteiger partial charge in [-0.1, -0.05) is 17.7 Å². The highest BCUT2D eigenvalue weighted by atomic mass is 35.5. The zero-order valence-electron chi connectivity index (χ0n) is 13.3. The summed E-state index contributed by atoms with van der Waals surface area (Å²) in [5, 5.41) is 6.60. The maximum Gasteiger partial charge on any atom is 0.223 e. The van der Waals surface area contributed by atoms with E-state index in [1.807, 2.05) is 13.1 Å². The average Bonchev–Trinajstić information content (AvgIpc) is 2.91. The van der Waals surface area contributed by atoms with Crippen LogP contribution in [0.3, 0.4) is 0 Å². The van der Waals surface area contributed by atoms with Crippen molar-refractivity contribution in [3.63, 3.8) is 0 Å². The quantitative estimate of drug-likeness (QED) is 0.888. The number of amides is 1. The van der Waals surface area contributed by atoms with E-state index in [0.29, 0.717) is 0 Å². The minimum Gasteiger partial charge on any atom is -0.351 e. The molecule has 2 atom stereocenters. The van der Waals surface area contributed by atoms with Gasteiger partial charge in [0.15, 0.2) is 0 Å². The summed E-state index contributed by atoms with van der Waals surface area (Å²) < 4.78 is 13.8. The molecule has 0 bridgehead atoms. The molecule has 4 nitrogen and oxygen atoms in total. The lowest BCUT2D eigenvalue weighted by atomic mass is 9.95. The predicted molar refractivity (Wildman–Crippen MR) is 88.9 cm³/mol. The van der Waals surface area contributed by atoms with Crippen molar-refractivity contribution in [3.8, 4) is 0 Å². The standard InChI is InChI=1S/C17H23ClFN3O/c1-22-9-6-15(21-17(23)11-4-7-20-8-5-11)16(22)12-2-3-13(18)14(19)10-12/h2-3,10-11,15-16,20H,4-9H2,1H3,(H,21,23). The molecule has 2 aliphatic heterocycles. The van der Waals surface area contributed by atoms with E-state index < -0.39 is 5.82 Å². The number of rotatable bonds is 3. The highest BCUT2D eigenvalue weighted by Gasteiger charge is 2.35. The van der Waals surface area contributed by atoms with Crippen LogP contribution in [0.4, 0.5) is 4.39 Å². The minimum atomic E-state index is -0.409. The van der Waals surface area contributed by atoms with Crippen molar-refractivity contribution in [1.82, 2.24) is 15.5 Å². The third-order valence-electron chi connectivity index (χ3n) is 4.97. The van der Waals surface area contributed by atoms with Crippen LogP contribution in [0.25, 0.3) is 0 Å². The SMILES string of the molecule is CN1CCC(NC(=O)C2CCNCC2)C1c1ccc(Cl)c(F)c1. The largest absolute Gasteiger partial charge is 0.351 e. The number of hydrogen-bond donors (Lipinski definition) is 2. The fourth-order valence-electron chi connectivity index (χ4n) is 3.67. The Morgan fingerprint density at radius 1 is 1.35 bits per heavy atom. The summed E-state index contributed by atoms with van der Waals surface area (Å²) in [5.74, 6) is -0.191. The van der Waals surface area contributed by atoms with Crippen LogP contribution in [-0.4, -0.2) is 43.5 Å². The second kappa shape index (κ2) is 7.16. The van der Waals surface area contributed by atoms with E-state index in [0.717, 1.165) is 44.5 Å². The Hall–Kier alpha value is -1.17. The monoisotopic (exact) mass is 339 g/mol. The molecule has 0 aliphatic carbocycles. The molecule has 2 unspecified atom stereocenters. The molecule has 1 amide bonds. The molecule has 0 saturated carbocycles. The van der Waals surface area contributed by atoms with Gasteiger partial charge in [0.1, 0.15) is 5.82 Å². The topological polar surface area (TPSA) is 44.4 Å². The smallest absolute Gasteiger partial charge is 0.223 e. The highest BCUT2D eigenvalue weighted by molar-refractivity contribution is 6.30. The Morgan fingerprint density at radius 3 is 2.78 bits per heavy atom. The zero-order chi connectivity index (χ0) is 16.4. The van der Waals surface area contributed by atoms with Crippen LogP contribution >= 0.6 is 11.6 Å². The highest BCUT2D eigenvalue weighted by Crippen LogP contribution is 2.33. The second-order valence-corrected chi connectivity index (χ2v) is 6.93. The third-order valence-corrected chi connectivity index (χ3v) is 5.28. The lowest BCUT2D eigenvalue weighted by molar-refractivity contribution is -0.126. The van der Waals surface area contributed by atoms with Crippen LogP contribution in [0.2, 0.25) is 5.02 Å². The number of hydrogen-bond acceptors (Lipinski definition) is 3. The maximum atomic E-state index is 13.8. The lowest BCUT2D eigenvalue weighted by Gasteiger charge is -2.29. The van der Waals surface area contributed by atoms with Crippen LogP contribution in [0.1, 0.15) is 30.9 Å². The van der Waals surface area contributed by atoms with E-state index in [1.165, 1.54) is 6.07 Å². The van der Waals surface area contributed by atoms with Gasteiger partial charge in [-0.3, -0.25) is 9.69 Å². The summed E-state index contributed by atoms with van der Waals surface area (Å²) in [5.41, 5.74) is 0.863. The van der Waals surface area contributed by atoms with Crippen LogP contribution in [0, 0.1) is 11.7 Å². The number of carbonyl (C=O) groups excluding carboxylic acids is 1. The first-order valence-electron chi connectivity index (χ1n) is 8.22. The molecule has 2 aliphatic rings. The van der Waals surface area contributed by atoms with E-state index in [-0.39, 0.29) is 28.9 Å². The number of piperidine rings is 1. The fraction of sp³-hybridized carbons (Fsp3) is 0.588. The van der Waals surface area contributed by atoms with E-state index >= 15 is 0 Å². The number of likely N-dealkylation sites (tertiary alicyclic amines) is 1. The Kier molecular flexibility index (Phi) is 5.19. The van der Waals surface area contributed by atoms with Gasteiger partial charge in [0.25, 0.3) is 0 Å². The van der Waals surface area contributed by atoms with E-state index in [1.54, 1.807) is 6.07 Å². The first kappa shape index (κ1) is 16.7. The zero-order valence-corrected chi connectivity index (χ0v) is 14.1. The Morgan fingerprint density at radius 2 is 2.09 bits per heavy atom. The first-order valence-corrected chi connectivity index (χ1v) is 8.60. The Balaban J connectivity index is 1.72. The first-order chi connectivity index (χ1) is 11.1. The number of nitrogens with zero attached hydrogens (tertiary/aromatic N) is 1. The van der Waals surface area contributed by atoms with Gasteiger partial charge in [-0.25, -0.2) is 4.39 Å². The van der Waals surface area contributed by atoms with E-state index in [9.17, 15) is 9.18 Å². The molecule has 0 aromatic heterocycles. The van der Waals surface area contributed by atoms with E-state index in [4.69, 9.17) is 11.6 Å². The molecule has 2 saturated heterocycles.